The van der Waals surface area contributed by atoms with E-state index in [-0.39, 0.29) is 5.56 Å². The highest BCUT2D eigenvalue weighted by Crippen LogP contribution is 2.20. The molecule has 0 amide bonds. The van der Waals surface area contributed by atoms with Crippen LogP contribution >= 0.6 is 0 Å². The third kappa shape index (κ3) is 4.21. The molecule has 19 heavy (non-hydrogen) atoms. The van der Waals surface area contributed by atoms with E-state index in [2.05, 4.69) is 10.3 Å². The minimum atomic E-state index is -0.969. The number of pyridine rings is 1. The van der Waals surface area contributed by atoms with Crippen LogP contribution in [-0.2, 0) is 4.74 Å². The first-order valence-corrected chi connectivity index (χ1v) is 6.80. The lowest BCUT2D eigenvalue weighted by molar-refractivity contribution is 0.0347. The van der Waals surface area contributed by atoms with E-state index in [1.165, 1.54) is 25.5 Å². The highest BCUT2D eigenvalue weighted by Gasteiger charge is 2.13. The van der Waals surface area contributed by atoms with Crippen molar-refractivity contribution in [2.45, 2.75) is 38.2 Å². The molecule has 0 saturated heterocycles. The molecule has 1 aromatic heterocycles. The summed E-state index contributed by atoms with van der Waals surface area (Å²) in [4.78, 5) is 14.8. The monoisotopic (exact) mass is 264 g/mol. The lowest BCUT2D eigenvalue weighted by Gasteiger charge is -2.22. The highest BCUT2D eigenvalue weighted by molar-refractivity contribution is 5.93. The first kappa shape index (κ1) is 13.8. The molecule has 0 unspecified atom stereocenters. The van der Waals surface area contributed by atoms with Gasteiger partial charge in [-0.25, -0.2) is 4.79 Å². The first-order chi connectivity index (χ1) is 9.27. The molecular formula is C14H20N2O3. The van der Waals surface area contributed by atoms with Gasteiger partial charge in [0.2, 0.25) is 0 Å². The molecule has 1 aromatic rings. The van der Waals surface area contributed by atoms with E-state index >= 15 is 0 Å². The average Bonchev–Trinajstić information content (AvgIpc) is 2.45. The molecule has 1 saturated carbocycles. The normalized spacial score (nSPS) is 16.2. The summed E-state index contributed by atoms with van der Waals surface area (Å²) in [5, 5.41) is 12.1. The van der Waals surface area contributed by atoms with Crippen molar-refractivity contribution in [2.24, 2.45) is 0 Å². The van der Waals surface area contributed by atoms with Gasteiger partial charge in [-0.3, -0.25) is 4.98 Å². The molecule has 0 atom stereocenters. The zero-order chi connectivity index (χ0) is 13.5. The van der Waals surface area contributed by atoms with Crippen LogP contribution in [0.3, 0.4) is 0 Å². The molecule has 1 fully saturated rings. The zero-order valence-corrected chi connectivity index (χ0v) is 11.0. The third-order valence-electron chi connectivity index (χ3n) is 3.37. The van der Waals surface area contributed by atoms with E-state index in [9.17, 15) is 4.79 Å². The number of nitrogens with one attached hydrogen (secondary N) is 1. The average molecular weight is 264 g/mol. The Morgan fingerprint density at radius 2 is 2.21 bits per heavy atom. The van der Waals surface area contributed by atoms with Crippen LogP contribution in [0.15, 0.2) is 18.5 Å². The Morgan fingerprint density at radius 1 is 1.42 bits per heavy atom. The fourth-order valence-electron chi connectivity index (χ4n) is 2.36. The van der Waals surface area contributed by atoms with Crippen molar-refractivity contribution in [3.8, 4) is 0 Å². The number of nitrogens with zero attached hydrogens (tertiary/aromatic N) is 1. The molecular weight excluding hydrogens is 244 g/mol. The van der Waals surface area contributed by atoms with Gasteiger partial charge in [0.05, 0.1) is 18.4 Å². The summed E-state index contributed by atoms with van der Waals surface area (Å²) in [7, 11) is 0. The molecule has 1 aliphatic rings. The van der Waals surface area contributed by atoms with Crippen molar-refractivity contribution in [3.63, 3.8) is 0 Å². The summed E-state index contributed by atoms with van der Waals surface area (Å²) in [5.74, 6) is -0.969. The summed E-state index contributed by atoms with van der Waals surface area (Å²) < 4.78 is 5.78. The number of aromatic nitrogens is 1. The van der Waals surface area contributed by atoms with Crippen LogP contribution in [0.1, 0.15) is 42.5 Å². The van der Waals surface area contributed by atoms with E-state index in [1.54, 1.807) is 12.3 Å². The van der Waals surface area contributed by atoms with E-state index in [0.717, 1.165) is 12.8 Å². The van der Waals surface area contributed by atoms with Crippen molar-refractivity contribution in [1.82, 2.24) is 4.98 Å². The van der Waals surface area contributed by atoms with Gasteiger partial charge in [0.15, 0.2) is 0 Å². The number of ether oxygens (including phenoxy) is 1. The fourth-order valence-corrected chi connectivity index (χ4v) is 2.36. The van der Waals surface area contributed by atoms with Crippen LogP contribution < -0.4 is 5.32 Å². The number of carboxylic acid groups (broad SMARTS) is 1. The summed E-state index contributed by atoms with van der Waals surface area (Å²) in [6.07, 6.45) is 9.44. The minimum absolute atomic E-state index is 0.195. The molecule has 0 spiro atoms. The summed E-state index contributed by atoms with van der Waals surface area (Å²) in [5.41, 5.74) is 0.787. The van der Waals surface area contributed by atoms with Crippen LogP contribution in [0.4, 0.5) is 5.69 Å². The number of hydrogen-bond acceptors (Lipinski definition) is 4. The van der Waals surface area contributed by atoms with Crippen molar-refractivity contribution in [3.05, 3.63) is 24.0 Å². The maximum absolute atomic E-state index is 11.0. The lowest BCUT2D eigenvalue weighted by Crippen LogP contribution is -2.21. The van der Waals surface area contributed by atoms with E-state index in [4.69, 9.17) is 9.84 Å². The summed E-state index contributed by atoms with van der Waals surface area (Å²) in [6, 6.07) is 1.67. The predicted octanol–water partition coefficient (Wildman–Crippen LogP) is 2.54. The van der Waals surface area contributed by atoms with Crippen LogP contribution in [-0.4, -0.2) is 35.3 Å². The number of aromatic carboxylic acids is 1. The second kappa shape index (κ2) is 7.09. The summed E-state index contributed by atoms with van der Waals surface area (Å²) >= 11 is 0. The smallest absolute Gasteiger partial charge is 0.339 e. The van der Waals surface area contributed by atoms with Crippen LogP contribution in [0.5, 0.6) is 0 Å². The quantitative estimate of drug-likeness (QED) is 0.773. The Hall–Kier alpha value is -1.62. The standard InChI is InChI=1S/C14H20N2O3/c17-14(18)12-10-15-7-6-13(12)16-8-9-19-11-4-2-1-3-5-11/h6-7,10-11H,1-5,8-9H2,(H,15,16)(H,17,18). The molecule has 5 nitrogen and oxygen atoms in total. The van der Waals surface area contributed by atoms with E-state index in [1.807, 2.05) is 0 Å². The van der Waals surface area contributed by atoms with Gasteiger partial charge in [-0.15, -0.1) is 0 Å². The third-order valence-corrected chi connectivity index (χ3v) is 3.37. The van der Waals surface area contributed by atoms with E-state index in [0.29, 0.717) is 24.9 Å². The Morgan fingerprint density at radius 3 is 2.95 bits per heavy atom. The summed E-state index contributed by atoms with van der Waals surface area (Å²) in [6.45, 7) is 1.22. The van der Waals surface area contributed by atoms with Gasteiger partial charge in [0.1, 0.15) is 5.56 Å². The first-order valence-electron chi connectivity index (χ1n) is 6.80. The predicted molar refractivity (Wildman–Crippen MR) is 72.5 cm³/mol. The van der Waals surface area contributed by atoms with E-state index < -0.39 is 5.97 Å². The van der Waals surface area contributed by atoms with Crippen LogP contribution in [0.25, 0.3) is 0 Å². The van der Waals surface area contributed by atoms with Gasteiger partial charge >= 0.3 is 5.97 Å². The van der Waals surface area contributed by atoms with Gasteiger partial charge in [-0.1, -0.05) is 19.3 Å². The number of carboxylic acids is 1. The number of anilines is 1. The Labute approximate surface area is 113 Å². The van der Waals surface area contributed by atoms with Gasteiger partial charge in [-0.2, -0.15) is 0 Å². The Bertz CT molecular complexity index is 417. The van der Waals surface area contributed by atoms with Gasteiger partial charge in [0, 0.05) is 18.9 Å². The maximum Gasteiger partial charge on any atom is 0.339 e. The molecule has 2 rings (SSSR count). The van der Waals surface area contributed by atoms with Crippen molar-refractivity contribution in [2.75, 3.05) is 18.5 Å². The molecule has 104 valence electrons. The van der Waals surface area contributed by atoms with Crippen molar-refractivity contribution < 1.29 is 14.6 Å². The zero-order valence-electron chi connectivity index (χ0n) is 11.0. The molecule has 5 heteroatoms. The molecule has 0 aliphatic heterocycles. The minimum Gasteiger partial charge on any atom is -0.478 e. The molecule has 0 radical (unpaired) electrons. The van der Waals surface area contributed by atoms with Gasteiger partial charge in [0.25, 0.3) is 0 Å². The van der Waals surface area contributed by atoms with Crippen LogP contribution in [0.2, 0.25) is 0 Å². The van der Waals surface area contributed by atoms with Gasteiger partial charge in [-0.05, 0) is 18.9 Å². The maximum atomic E-state index is 11.0. The fraction of sp³-hybridized carbons (Fsp3) is 0.571. The number of rotatable bonds is 6. The topological polar surface area (TPSA) is 71.5 Å². The second-order valence-electron chi connectivity index (χ2n) is 4.78. The molecule has 1 aliphatic carbocycles. The van der Waals surface area contributed by atoms with Crippen LogP contribution in [0, 0.1) is 0 Å². The molecule has 0 aromatic carbocycles. The van der Waals surface area contributed by atoms with Crippen molar-refractivity contribution in [1.29, 1.82) is 0 Å². The molecule has 2 N–H and O–H groups in total. The number of hydrogen-bond donors (Lipinski definition) is 2. The molecule has 0 bridgehead atoms. The largest absolute Gasteiger partial charge is 0.478 e. The number of carbonyl (C=O) groups is 1. The van der Waals surface area contributed by atoms with Gasteiger partial charge < -0.3 is 15.2 Å². The SMILES string of the molecule is O=C(O)c1cnccc1NCCOC1CCCCC1. The Kier molecular flexibility index (Phi) is 5.15. The Balaban J connectivity index is 1.74. The molecule has 1 heterocycles. The second-order valence-corrected chi connectivity index (χ2v) is 4.78. The lowest BCUT2D eigenvalue weighted by atomic mass is 9.98. The van der Waals surface area contributed by atoms with Crippen molar-refractivity contribution >= 4 is 11.7 Å². The highest BCUT2D eigenvalue weighted by atomic mass is 16.5.